The van der Waals surface area contributed by atoms with E-state index in [0.717, 1.165) is 22.9 Å². The van der Waals surface area contributed by atoms with Crippen molar-refractivity contribution in [3.63, 3.8) is 0 Å². The van der Waals surface area contributed by atoms with E-state index in [0.29, 0.717) is 13.1 Å². The van der Waals surface area contributed by atoms with Gasteiger partial charge in [0.25, 0.3) is 0 Å². The molecule has 0 spiro atoms. The molecule has 0 saturated heterocycles. The molecular weight excluding hydrogens is 307 g/mol. The van der Waals surface area contributed by atoms with Crippen LogP contribution >= 0.6 is 0 Å². The van der Waals surface area contributed by atoms with E-state index in [-0.39, 0.29) is 18.3 Å². The van der Waals surface area contributed by atoms with Gasteiger partial charge in [-0.1, -0.05) is 6.08 Å². The zero-order chi connectivity index (χ0) is 16.5. The lowest BCUT2D eigenvalue weighted by molar-refractivity contribution is -0.131. The summed E-state index contributed by atoms with van der Waals surface area (Å²) in [6.45, 7) is 1.53. The largest absolute Gasteiger partial charge is 0.360 e. The highest BCUT2D eigenvalue weighted by Gasteiger charge is 2.19. The zero-order valence-electron chi connectivity index (χ0n) is 13.1. The summed E-state index contributed by atoms with van der Waals surface area (Å²) in [7, 11) is 0. The molecule has 0 radical (unpaired) electrons. The number of hydrogen-bond acceptors (Lipinski definition) is 2. The number of aromatic amines is 1. The lowest BCUT2D eigenvalue weighted by atomic mass is 9.99. The Balaban J connectivity index is 1.50. The average molecular weight is 324 g/mol. The number of hydrogen-bond donors (Lipinski definition) is 1. The number of carbonyl (C=O) groups excluding carboxylic acids is 1. The molecule has 0 saturated carbocycles. The van der Waals surface area contributed by atoms with E-state index in [1.165, 1.54) is 17.7 Å². The van der Waals surface area contributed by atoms with Crippen molar-refractivity contribution in [2.45, 2.75) is 13.0 Å². The van der Waals surface area contributed by atoms with Gasteiger partial charge in [0, 0.05) is 48.1 Å². The van der Waals surface area contributed by atoms with Crippen LogP contribution in [0.3, 0.4) is 0 Å². The molecule has 1 aromatic carbocycles. The Kier molecular flexibility index (Phi) is 3.65. The van der Waals surface area contributed by atoms with Gasteiger partial charge in [-0.05, 0) is 36.3 Å². The van der Waals surface area contributed by atoms with Crippen LogP contribution < -0.4 is 0 Å². The highest BCUT2D eigenvalue weighted by molar-refractivity contribution is 5.93. The number of rotatable bonds is 3. The molecule has 0 bridgehead atoms. The van der Waals surface area contributed by atoms with Crippen molar-refractivity contribution in [1.82, 2.24) is 19.7 Å². The van der Waals surface area contributed by atoms with Crippen LogP contribution in [0.1, 0.15) is 12.0 Å². The molecule has 1 amide bonds. The van der Waals surface area contributed by atoms with E-state index in [9.17, 15) is 9.18 Å². The zero-order valence-corrected chi connectivity index (χ0v) is 13.1. The molecule has 1 aliphatic rings. The standard InChI is InChI=1S/C18H17FN4O/c19-14-2-3-15-16(11-20-17(15)10-14)13-4-8-22(9-5-13)18(24)12-23-7-1-6-21-23/h1-4,6-7,10-11,20H,5,8-9,12H2. The van der Waals surface area contributed by atoms with Gasteiger partial charge >= 0.3 is 0 Å². The van der Waals surface area contributed by atoms with E-state index in [1.54, 1.807) is 29.2 Å². The fourth-order valence-corrected chi connectivity index (χ4v) is 3.14. The number of nitrogens with one attached hydrogen (secondary N) is 1. The number of fused-ring (bicyclic) bond motifs is 1. The molecule has 5 nitrogen and oxygen atoms in total. The quantitative estimate of drug-likeness (QED) is 0.805. The predicted octanol–water partition coefficient (Wildman–Crippen LogP) is 2.82. The number of halogens is 1. The first-order chi connectivity index (χ1) is 11.7. The molecule has 1 aliphatic heterocycles. The highest BCUT2D eigenvalue weighted by Crippen LogP contribution is 2.29. The maximum absolute atomic E-state index is 13.3. The number of nitrogens with zero attached hydrogens (tertiary/aromatic N) is 3. The molecule has 122 valence electrons. The van der Waals surface area contributed by atoms with E-state index in [2.05, 4.69) is 16.2 Å². The number of aromatic nitrogens is 3. The third kappa shape index (κ3) is 2.71. The van der Waals surface area contributed by atoms with Crippen LogP contribution in [-0.4, -0.2) is 38.7 Å². The van der Waals surface area contributed by atoms with Gasteiger partial charge in [-0.3, -0.25) is 9.48 Å². The van der Waals surface area contributed by atoms with E-state index < -0.39 is 0 Å². The molecule has 6 heteroatoms. The highest BCUT2D eigenvalue weighted by atomic mass is 19.1. The van der Waals surface area contributed by atoms with Gasteiger partial charge in [-0.2, -0.15) is 5.10 Å². The third-order valence-corrected chi connectivity index (χ3v) is 4.41. The van der Waals surface area contributed by atoms with E-state index in [4.69, 9.17) is 0 Å². The van der Waals surface area contributed by atoms with Gasteiger partial charge in [0.05, 0.1) is 0 Å². The van der Waals surface area contributed by atoms with Crippen LogP contribution in [0.15, 0.2) is 48.9 Å². The van der Waals surface area contributed by atoms with Crippen LogP contribution in [-0.2, 0) is 11.3 Å². The Labute approximate surface area is 138 Å². The van der Waals surface area contributed by atoms with Crippen molar-refractivity contribution >= 4 is 22.4 Å². The Hall–Kier alpha value is -2.89. The van der Waals surface area contributed by atoms with Crippen molar-refractivity contribution in [3.05, 3.63) is 60.3 Å². The Bertz CT molecular complexity index is 910. The second kappa shape index (κ2) is 5.96. The maximum Gasteiger partial charge on any atom is 0.244 e. The van der Waals surface area contributed by atoms with Crippen molar-refractivity contribution in [3.8, 4) is 0 Å². The Morgan fingerprint density at radius 2 is 2.29 bits per heavy atom. The molecule has 3 aromatic rings. The normalized spacial score (nSPS) is 14.9. The Morgan fingerprint density at radius 3 is 3.04 bits per heavy atom. The van der Waals surface area contributed by atoms with Gasteiger partial charge in [-0.25, -0.2) is 4.39 Å². The summed E-state index contributed by atoms with van der Waals surface area (Å²) in [6.07, 6.45) is 8.23. The molecule has 0 fully saturated rings. The topological polar surface area (TPSA) is 53.9 Å². The molecule has 24 heavy (non-hydrogen) atoms. The van der Waals surface area contributed by atoms with Crippen LogP contribution in [0, 0.1) is 5.82 Å². The van der Waals surface area contributed by atoms with Crippen LogP contribution in [0.5, 0.6) is 0 Å². The number of H-pyrrole nitrogens is 1. The average Bonchev–Trinajstić information content (AvgIpc) is 3.24. The van der Waals surface area contributed by atoms with Crippen molar-refractivity contribution in [2.75, 3.05) is 13.1 Å². The lowest BCUT2D eigenvalue weighted by Crippen LogP contribution is -2.37. The summed E-state index contributed by atoms with van der Waals surface area (Å²) >= 11 is 0. The molecule has 4 rings (SSSR count). The minimum atomic E-state index is -0.246. The summed E-state index contributed by atoms with van der Waals surface area (Å²) < 4.78 is 14.9. The maximum atomic E-state index is 13.3. The molecule has 0 unspecified atom stereocenters. The minimum absolute atomic E-state index is 0.0648. The Morgan fingerprint density at radius 1 is 1.38 bits per heavy atom. The summed E-state index contributed by atoms with van der Waals surface area (Å²) in [6, 6.07) is 6.58. The second-order valence-corrected chi connectivity index (χ2v) is 5.92. The lowest BCUT2D eigenvalue weighted by Gasteiger charge is -2.26. The first-order valence-electron chi connectivity index (χ1n) is 7.92. The van der Waals surface area contributed by atoms with Gasteiger partial charge in [0.2, 0.25) is 5.91 Å². The summed E-state index contributed by atoms with van der Waals surface area (Å²) in [4.78, 5) is 17.2. The minimum Gasteiger partial charge on any atom is -0.360 e. The van der Waals surface area contributed by atoms with Crippen LogP contribution in [0.4, 0.5) is 4.39 Å². The molecule has 3 heterocycles. The van der Waals surface area contributed by atoms with Crippen LogP contribution in [0.2, 0.25) is 0 Å². The molecule has 1 N–H and O–H groups in total. The second-order valence-electron chi connectivity index (χ2n) is 5.92. The molecular formula is C18H17FN4O. The third-order valence-electron chi connectivity index (χ3n) is 4.41. The monoisotopic (exact) mass is 324 g/mol. The summed E-state index contributed by atoms with van der Waals surface area (Å²) in [5, 5.41) is 5.08. The van der Waals surface area contributed by atoms with Gasteiger partial charge < -0.3 is 9.88 Å². The molecule has 2 aromatic heterocycles. The van der Waals surface area contributed by atoms with E-state index >= 15 is 0 Å². The number of carbonyl (C=O) groups is 1. The summed E-state index contributed by atoms with van der Waals surface area (Å²) in [5.74, 6) is -0.182. The predicted molar refractivity (Wildman–Crippen MR) is 89.7 cm³/mol. The van der Waals surface area contributed by atoms with E-state index in [1.807, 2.05) is 11.1 Å². The fraction of sp³-hybridized carbons (Fsp3) is 0.222. The van der Waals surface area contributed by atoms with Crippen molar-refractivity contribution in [1.29, 1.82) is 0 Å². The van der Waals surface area contributed by atoms with Crippen molar-refractivity contribution < 1.29 is 9.18 Å². The SMILES string of the molecule is O=C(Cn1cccn1)N1CC=C(c2c[nH]c3cc(F)ccc23)CC1. The first-order valence-corrected chi connectivity index (χ1v) is 7.92. The van der Waals surface area contributed by atoms with Gasteiger partial charge in [0.15, 0.2) is 0 Å². The number of benzene rings is 1. The van der Waals surface area contributed by atoms with Crippen molar-refractivity contribution in [2.24, 2.45) is 0 Å². The number of amides is 1. The molecule has 0 atom stereocenters. The van der Waals surface area contributed by atoms with Gasteiger partial charge in [0.1, 0.15) is 12.4 Å². The first kappa shape index (κ1) is 14.7. The summed E-state index contributed by atoms with van der Waals surface area (Å²) in [5.41, 5.74) is 3.07. The smallest absolute Gasteiger partial charge is 0.244 e. The van der Waals surface area contributed by atoms with Crippen LogP contribution in [0.25, 0.3) is 16.5 Å². The molecule has 0 aliphatic carbocycles. The van der Waals surface area contributed by atoms with Gasteiger partial charge in [-0.15, -0.1) is 0 Å². The fourth-order valence-electron chi connectivity index (χ4n) is 3.14.